The van der Waals surface area contributed by atoms with Crippen LogP contribution in [0.5, 0.6) is 5.75 Å². The third-order valence-electron chi connectivity index (χ3n) is 4.40. The molecule has 0 bridgehead atoms. The van der Waals surface area contributed by atoms with Crippen LogP contribution in [0.2, 0.25) is 0 Å². The van der Waals surface area contributed by atoms with Crippen LogP contribution in [0.15, 0.2) is 24.3 Å². The highest BCUT2D eigenvalue weighted by molar-refractivity contribution is 5.89. The quantitative estimate of drug-likeness (QED) is 0.848. The van der Waals surface area contributed by atoms with E-state index in [1.54, 1.807) is 31.2 Å². The lowest BCUT2D eigenvalue weighted by Gasteiger charge is -2.30. The van der Waals surface area contributed by atoms with Gasteiger partial charge in [0.2, 0.25) is 0 Å². The van der Waals surface area contributed by atoms with Gasteiger partial charge in [-0.2, -0.15) is 0 Å². The topological polar surface area (TPSA) is 64.6 Å². The second-order valence-electron chi connectivity index (χ2n) is 6.15. The lowest BCUT2D eigenvalue weighted by atomic mass is 9.86. The molecule has 23 heavy (non-hydrogen) atoms. The standard InChI is InChI=1S/C18H25NO4/c1-12-6-4-5-7-16(12)19-17(20)13(2)23-15-10-8-14(9-11-15)18(21)22-3/h8-13,16H,4-7H2,1-3H3,(H,19,20)/t12-,13+,16+/m0/s1. The molecule has 1 N–H and O–H groups in total. The minimum atomic E-state index is -0.576. The van der Waals surface area contributed by atoms with Crippen molar-refractivity contribution in [1.29, 1.82) is 0 Å². The molecule has 0 radical (unpaired) electrons. The number of ether oxygens (including phenoxy) is 2. The van der Waals surface area contributed by atoms with Gasteiger partial charge in [0.15, 0.2) is 6.10 Å². The molecule has 0 unspecified atom stereocenters. The summed E-state index contributed by atoms with van der Waals surface area (Å²) in [6.07, 6.45) is 4.03. The Morgan fingerprint density at radius 3 is 2.43 bits per heavy atom. The van der Waals surface area contributed by atoms with Crippen LogP contribution in [0.1, 0.15) is 49.9 Å². The number of nitrogens with one attached hydrogen (secondary N) is 1. The Kier molecular flexibility index (Phi) is 6.02. The van der Waals surface area contributed by atoms with Gasteiger partial charge in [-0.1, -0.05) is 19.8 Å². The van der Waals surface area contributed by atoms with Crippen molar-refractivity contribution in [2.24, 2.45) is 5.92 Å². The number of hydrogen-bond acceptors (Lipinski definition) is 4. The van der Waals surface area contributed by atoms with Gasteiger partial charge in [0.05, 0.1) is 12.7 Å². The number of esters is 1. The van der Waals surface area contributed by atoms with Gasteiger partial charge in [0, 0.05) is 6.04 Å². The summed E-state index contributed by atoms with van der Waals surface area (Å²) in [7, 11) is 1.34. The van der Waals surface area contributed by atoms with Crippen LogP contribution in [0.25, 0.3) is 0 Å². The maximum Gasteiger partial charge on any atom is 0.337 e. The van der Waals surface area contributed by atoms with Gasteiger partial charge >= 0.3 is 5.97 Å². The highest BCUT2D eigenvalue weighted by atomic mass is 16.5. The van der Waals surface area contributed by atoms with E-state index in [-0.39, 0.29) is 11.9 Å². The number of benzene rings is 1. The molecule has 1 amide bonds. The molecule has 0 aromatic heterocycles. The van der Waals surface area contributed by atoms with E-state index in [0.29, 0.717) is 17.2 Å². The van der Waals surface area contributed by atoms with Crippen LogP contribution in [0.3, 0.4) is 0 Å². The van der Waals surface area contributed by atoms with Gasteiger partial charge < -0.3 is 14.8 Å². The van der Waals surface area contributed by atoms with E-state index in [9.17, 15) is 9.59 Å². The number of hydrogen-bond donors (Lipinski definition) is 1. The predicted octanol–water partition coefficient (Wildman–Crippen LogP) is 2.94. The maximum absolute atomic E-state index is 12.3. The average Bonchev–Trinajstić information content (AvgIpc) is 2.56. The Morgan fingerprint density at radius 1 is 1.17 bits per heavy atom. The van der Waals surface area contributed by atoms with E-state index in [2.05, 4.69) is 17.0 Å². The second kappa shape index (κ2) is 7.99. The van der Waals surface area contributed by atoms with E-state index in [4.69, 9.17) is 4.74 Å². The number of rotatable bonds is 5. The van der Waals surface area contributed by atoms with Crippen LogP contribution in [-0.2, 0) is 9.53 Å². The summed E-state index contributed by atoms with van der Waals surface area (Å²) in [5.41, 5.74) is 0.452. The first-order valence-corrected chi connectivity index (χ1v) is 8.16. The highest BCUT2D eigenvalue weighted by Gasteiger charge is 2.25. The van der Waals surface area contributed by atoms with Crippen LogP contribution in [0, 0.1) is 5.92 Å². The molecule has 3 atom stereocenters. The smallest absolute Gasteiger partial charge is 0.337 e. The van der Waals surface area contributed by atoms with Crippen LogP contribution >= 0.6 is 0 Å². The van der Waals surface area contributed by atoms with E-state index < -0.39 is 12.1 Å². The fourth-order valence-electron chi connectivity index (χ4n) is 2.88. The molecule has 5 heteroatoms. The van der Waals surface area contributed by atoms with E-state index in [0.717, 1.165) is 12.8 Å². The van der Waals surface area contributed by atoms with Crippen molar-refractivity contribution in [2.45, 2.75) is 51.7 Å². The largest absolute Gasteiger partial charge is 0.481 e. The molecule has 5 nitrogen and oxygen atoms in total. The van der Waals surface area contributed by atoms with Crippen LogP contribution in [0.4, 0.5) is 0 Å². The van der Waals surface area contributed by atoms with Gasteiger partial charge in [-0.3, -0.25) is 4.79 Å². The van der Waals surface area contributed by atoms with E-state index in [1.165, 1.54) is 20.0 Å². The fraction of sp³-hybridized carbons (Fsp3) is 0.556. The zero-order chi connectivity index (χ0) is 16.8. The molecule has 0 saturated heterocycles. The molecule has 1 aromatic rings. The first-order valence-electron chi connectivity index (χ1n) is 8.16. The van der Waals surface area contributed by atoms with Crippen molar-refractivity contribution in [3.8, 4) is 5.75 Å². The SMILES string of the molecule is COC(=O)c1ccc(O[C@H](C)C(=O)N[C@@H]2CCCC[C@@H]2C)cc1. The van der Waals surface area contributed by atoms with Gasteiger partial charge in [0.25, 0.3) is 5.91 Å². The molecular formula is C18H25NO4. The van der Waals surface area contributed by atoms with Crippen LogP contribution in [-0.4, -0.2) is 31.1 Å². The highest BCUT2D eigenvalue weighted by Crippen LogP contribution is 2.24. The van der Waals surface area contributed by atoms with Gasteiger partial charge in [-0.05, 0) is 49.9 Å². The monoisotopic (exact) mass is 319 g/mol. The van der Waals surface area contributed by atoms with Crippen molar-refractivity contribution in [2.75, 3.05) is 7.11 Å². The van der Waals surface area contributed by atoms with Gasteiger partial charge in [-0.25, -0.2) is 4.79 Å². The molecule has 1 aromatic carbocycles. The predicted molar refractivity (Wildman–Crippen MR) is 87.4 cm³/mol. The maximum atomic E-state index is 12.3. The molecule has 1 fully saturated rings. The Bertz CT molecular complexity index is 540. The third-order valence-corrected chi connectivity index (χ3v) is 4.40. The fourth-order valence-corrected chi connectivity index (χ4v) is 2.88. The summed E-state index contributed by atoms with van der Waals surface area (Å²) in [6, 6.07) is 6.81. The van der Waals surface area contributed by atoms with Crippen LogP contribution < -0.4 is 10.1 Å². The summed E-state index contributed by atoms with van der Waals surface area (Å²) in [6.45, 7) is 3.91. The molecule has 2 rings (SSSR count). The Labute approximate surface area is 137 Å². The molecular weight excluding hydrogens is 294 g/mol. The van der Waals surface area contributed by atoms with Crippen molar-refractivity contribution in [1.82, 2.24) is 5.32 Å². The van der Waals surface area contributed by atoms with E-state index >= 15 is 0 Å². The number of carbonyl (C=O) groups excluding carboxylic acids is 2. The second-order valence-corrected chi connectivity index (χ2v) is 6.15. The lowest BCUT2D eigenvalue weighted by Crippen LogP contribution is -2.46. The Hall–Kier alpha value is -2.04. The molecule has 0 aliphatic heterocycles. The van der Waals surface area contributed by atoms with Gasteiger partial charge in [0.1, 0.15) is 5.75 Å². The normalized spacial score (nSPS) is 22.0. The summed E-state index contributed by atoms with van der Waals surface area (Å²) in [4.78, 5) is 23.7. The average molecular weight is 319 g/mol. The van der Waals surface area contributed by atoms with Crippen molar-refractivity contribution >= 4 is 11.9 Å². The number of methoxy groups -OCH3 is 1. The van der Waals surface area contributed by atoms with E-state index in [1.807, 2.05) is 0 Å². The van der Waals surface area contributed by atoms with Gasteiger partial charge in [-0.15, -0.1) is 0 Å². The molecule has 1 saturated carbocycles. The summed E-state index contributed by atoms with van der Waals surface area (Å²) in [5.74, 6) is 0.575. The molecule has 126 valence electrons. The van der Waals surface area contributed by atoms with Crippen molar-refractivity contribution in [3.05, 3.63) is 29.8 Å². The lowest BCUT2D eigenvalue weighted by molar-refractivity contribution is -0.128. The first kappa shape index (κ1) is 17.3. The zero-order valence-corrected chi connectivity index (χ0v) is 14.0. The summed E-state index contributed by atoms with van der Waals surface area (Å²) < 4.78 is 10.3. The summed E-state index contributed by atoms with van der Waals surface area (Å²) in [5, 5.41) is 3.09. The molecule has 1 aliphatic rings. The molecule has 0 spiro atoms. The van der Waals surface area contributed by atoms with Crippen molar-refractivity contribution in [3.63, 3.8) is 0 Å². The van der Waals surface area contributed by atoms with Crippen molar-refractivity contribution < 1.29 is 19.1 Å². The number of carbonyl (C=O) groups is 2. The minimum absolute atomic E-state index is 0.0965. The third kappa shape index (κ3) is 4.71. The minimum Gasteiger partial charge on any atom is -0.481 e. The molecule has 0 heterocycles. The Morgan fingerprint density at radius 2 is 1.83 bits per heavy atom. The molecule has 1 aliphatic carbocycles. The summed E-state index contributed by atoms with van der Waals surface area (Å²) >= 11 is 0. The number of amides is 1. The Balaban J connectivity index is 1.89. The zero-order valence-electron chi connectivity index (χ0n) is 14.0. The first-order chi connectivity index (χ1) is 11.0.